The van der Waals surface area contributed by atoms with E-state index in [0.29, 0.717) is 0 Å². The molecule has 1 aliphatic heterocycles. The third-order valence-electron chi connectivity index (χ3n) is 4.53. The van der Waals surface area contributed by atoms with E-state index in [1.165, 1.54) is 24.3 Å². The summed E-state index contributed by atoms with van der Waals surface area (Å²) in [4.78, 5) is 26.9. The van der Waals surface area contributed by atoms with E-state index < -0.39 is 29.4 Å². The Balaban J connectivity index is 1.98. The summed E-state index contributed by atoms with van der Waals surface area (Å²) in [6, 6.07) is 9.22. The van der Waals surface area contributed by atoms with Gasteiger partial charge in [0, 0.05) is 5.69 Å². The number of carbonyl (C=O) groups excluding carboxylic acids is 2. The quantitative estimate of drug-likeness (QED) is 0.514. The molecule has 9 heteroatoms. The average Bonchev–Trinajstić information content (AvgIpc) is 2.92. The van der Waals surface area contributed by atoms with Crippen LogP contribution in [0.5, 0.6) is 0 Å². The number of halogens is 4. The predicted molar refractivity (Wildman–Crippen MR) is 106 cm³/mol. The fourth-order valence-electron chi connectivity index (χ4n) is 3.08. The van der Waals surface area contributed by atoms with Crippen LogP contribution in [0.25, 0.3) is 5.57 Å². The molecule has 0 bridgehead atoms. The number of hydrogen-bond acceptors (Lipinski definition) is 4. The first-order valence-corrected chi connectivity index (χ1v) is 9.50. The Morgan fingerprint density at radius 1 is 1.03 bits per heavy atom. The summed E-state index contributed by atoms with van der Waals surface area (Å²) < 4.78 is 57.9. The number of amides is 2. The Bertz CT molecular complexity index is 1010. The summed E-state index contributed by atoms with van der Waals surface area (Å²) in [5.41, 5.74) is -0.875. The third-order valence-corrected chi connectivity index (χ3v) is 4.53. The number of imide groups is 1. The summed E-state index contributed by atoms with van der Waals surface area (Å²) in [7, 11) is 0. The molecule has 0 saturated heterocycles. The highest BCUT2D eigenvalue weighted by Gasteiger charge is 2.39. The number of carbonyl (C=O) groups is 2. The number of rotatable bonds is 7. The molecule has 0 aromatic heterocycles. The Morgan fingerprint density at radius 2 is 1.71 bits per heavy atom. The van der Waals surface area contributed by atoms with Crippen molar-refractivity contribution in [3.63, 3.8) is 0 Å². The lowest BCUT2D eigenvalue weighted by atomic mass is 10.0. The zero-order valence-corrected chi connectivity index (χ0v) is 16.8. The zero-order valence-electron chi connectivity index (χ0n) is 16.8. The highest BCUT2D eigenvalue weighted by Crippen LogP contribution is 2.33. The Morgan fingerprint density at radius 3 is 2.32 bits per heavy atom. The number of hydrogen-bond donors (Lipinski definition) is 1. The largest absolute Gasteiger partial charge is 0.416 e. The van der Waals surface area contributed by atoms with Gasteiger partial charge in [-0.2, -0.15) is 13.2 Å². The van der Waals surface area contributed by atoms with E-state index in [-0.39, 0.29) is 41.8 Å². The number of benzene rings is 2. The van der Waals surface area contributed by atoms with Gasteiger partial charge in [0.05, 0.1) is 30.4 Å². The van der Waals surface area contributed by atoms with Crippen molar-refractivity contribution in [2.75, 3.05) is 18.5 Å². The van der Waals surface area contributed by atoms with Crippen molar-refractivity contribution in [1.82, 2.24) is 4.90 Å². The number of alkyl halides is 3. The molecule has 0 unspecified atom stereocenters. The van der Waals surface area contributed by atoms with Crippen LogP contribution in [0.2, 0.25) is 0 Å². The van der Waals surface area contributed by atoms with Crippen LogP contribution in [-0.2, 0) is 20.5 Å². The van der Waals surface area contributed by atoms with Crippen LogP contribution < -0.4 is 5.32 Å². The van der Waals surface area contributed by atoms with Crippen molar-refractivity contribution in [2.24, 2.45) is 0 Å². The molecular formula is C22H20F4N2O3. The van der Waals surface area contributed by atoms with E-state index in [0.717, 1.165) is 29.2 Å². The van der Waals surface area contributed by atoms with Gasteiger partial charge in [-0.3, -0.25) is 14.5 Å². The van der Waals surface area contributed by atoms with E-state index in [1.54, 1.807) is 13.8 Å². The highest BCUT2D eigenvalue weighted by molar-refractivity contribution is 6.36. The molecule has 0 fully saturated rings. The molecular weight excluding hydrogens is 416 g/mol. The highest BCUT2D eigenvalue weighted by atomic mass is 19.4. The van der Waals surface area contributed by atoms with Gasteiger partial charge >= 0.3 is 6.18 Å². The van der Waals surface area contributed by atoms with E-state index in [1.807, 2.05) is 0 Å². The lowest BCUT2D eigenvalue weighted by molar-refractivity contribution is -0.138. The average molecular weight is 436 g/mol. The minimum Gasteiger partial charge on any atom is -0.377 e. The van der Waals surface area contributed by atoms with Gasteiger partial charge in [-0.05, 0) is 49.7 Å². The van der Waals surface area contributed by atoms with E-state index in [2.05, 4.69) is 5.32 Å². The van der Waals surface area contributed by atoms with Gasteiger partial charge in [-0.1, -0.05) is 18.2 Å². The van der Waals surface area contributed by atoms with Crippen LogP contribution in [0.3, 0.4) is 0 Å². The van der Waals surface area contributed by atoms with Crippen molar-refractivity contribution in [3.05, 3.63) is 71.2 Å². The molecule has 2 amide bonds. The molecule has 3 rings (SSSR count). The molecule has 5 nitrogen and oxygen atoms in total. The first-order chi connectivity index (χ1) is 14.6. The van der Waals surface area contributed by atoms with Gasteiger partial charge in [0.25, 0.3) is 11.8 Å². The van der Waals surface area contributed by atoms with Gasteiger partial charge < -0.3 is 10.1 Å². The van der Waals surface area contributed by atoms with Gasteiger partial charge in [-0.25, -0.2) is 4.39 Å². The molecule has 31 heavy (non-hydrogen) atoms. The van der Waals surface area contributed by atoms with E-state index >= 15 is 0 Å². The summed E-state index contributed by atoms with van der Waals surface area (Å²) in [5, 5.41) is 2.66. The minimum absolute atomic E-state index is 0.00846. The maximum Gasteiger partial charge on any atom is 0.416 e. The lowest BCUT2D eigenvalue weighted by Crippen LogP contribution is -2.35. The van der Waals surface area contributed by atoms with Crippen LogP contribution in [-0.4, -0.2) is 36.0 Å². The van der Waals surface area contributed by atoms with Crippen LogP contribution in [0.15, 0.2) is 54.2 Å². The van der Waals surface area contributed by atoms with Gasteiger partial charge in [0.1, 0.15) is 11.5 Å². The molecule has 1 N–H and O–H groups in total. The first-order valence-electron chi connectivity index (χ1n) is 9.50. The van der Waals surface area contributed by atoms with Gasteiger partial charge in [0.15, 0.2) is 0 Å². The molecule has 1 heterocycles. The summed E-state index contributed by atoms with van der Waals surface area (Å²) in [5.74, 6) is -1.87. The third kappa shape index (κ3) is 5.11. The number of nitrogens with zero attached hydrogens (tertiary/aromatic N) is 1. The topological polar surface area (TPSA) is 58.6 Å². The van der Waals surface area contributed by atoms with E-state index in [9.17, 15) is 27.2 Å². The second-order valence-electron chi connectivity index (χ2n) is 7.14. The van der Waals surface area contributed by atoms with Crippen LogP contribution >= 0.6 is 0 Å². The molecule has 0 spiro atoms. The number of anilines is 1. The number of nitrogens with one attached hydrogen (secondary N) is 1. The molecule has 0 radical (unpaired) electrons. The minimum atomic E-state index is -4.57. The Labute approximate surface area is 176 Å². The molecule has 0 atom stereocenters. The summed E-state index contributed by atoms with van der Waals surface area (Å²) in [6.07, 6.45) is -4.68. The maximum atomic E-state index is 13.3. The van der Waals surface area contributed by atoms with Gasteiger partial charge in [-0.15, -0.1) is 0 Å². The Hall–Kier alpha value is -3.20. The first kappa shape index (κ1) is 22.5. The molecule has 1 aliphatic rings. The predicted octanol–water partition coefficient (Wildman–Crippen LogP) is 4.46. The van der Waals surface area contributed by atoms with Gasteiger partial charge in [0.2, 0.25) is 0 Å². The fourth-order valence-corrected chi connectivity index (χ4v) is 3.08. The molecule has 2 aromatic carbocycles. The normalized spacial score (nSPS) is 14.7. The molecule has 0 saturated carbocycles. The van der Waals surface area contributed by atoms with Crippen LogP contribution in [0.4, 0.5) is 23.2 Å². The van der Waals surface area contributed by atoms with Crippen molar-refractivity contribution >= 4 is 23.1 Å². The molecule has 0 aliphatic carbocycles. The second kappa shape index (κ2) is 8.89. The zero-order chi connectivity index (χ0) is 22.8. The van der Waals surface area contributed by atoms with Crippen LogP contribution in [0, 0.1) is 5.82 Å². The van der Waals surface area contributed by atoms with Crippen molar-refractivity contribution < 1.29 is 31.9 Å². The summed E-state index contributed by atoms with van der Waals surface area (Å²) >= 11 is 0. The smallest absolute Gasteiger partial charge is 0.377 e. The van der Waals surface area contributed by atoms with Crippen molar-refractivity contribution in [3.8, 4) is 0 Å². The Kier molecular flexibility index (Phi) is 6.45. The van der Waals surface area contributed by atoms with E-state index in [4.69, 9.17) is 4.74 Å². The second-order valence-corrected chi connectivity index (χ2v) is 7.14. The molecule has 164 valence electrons. The SMILES string of the molecule is CC(C)OCCN1C(=O)C(Nc2cccc(C(F)(F)F)c2)=C(c2ccc(F)cc2)C1=O. The van der Waals surface area contributed by atoms with Crippen LogP contribution in [0.1, 0.15) is 25.0 Å². The monoisotopic (exact) mass is 436 g/mol. The van der Waals surface area contributed by atoms with Crippen molar-refractivity contribution in [2.45, 2.75) is 26.1 Å². The fraction of sp³-hybridized carbons (Fsp3) is 0.273. The van der Waals surface area contributed by atoms with Crippen molar-refractivity contribution in [1.29, 1.82) is 0 Å². The standard InChI is InChI=1S/C22H20F4N2O3/c1-13(2)31-11-10-28-20(29)18(14-6-8-16(23)9-7-14)19(21(28)30)27-17-5-3-4-15(12-17)22(24,25)26/h3-9,12-13,27H,10-11H2,1-2H3. The maximum absolute atomic E-state index is 13.3. The summed E-state index contributed by atoms with van der Waals surface area (Å²) in [6.45, 7) is 3.67. The molecule has 2 aromatic rings. The lowest BCUT2D eigenvalue weighted by Gasteiger charge is -2.16. The number of ether oxygens (including phenoxy) is 1.